The number of hydrogen-bond acceptors (Lipinski definition) is 5. The molecule has 0 saturated carbocycles. The standard InChI is InChI=1S/C28H33N5O3S/c1-20-7-5-8-23(31-20)19-29-27(34)9-6-16-33(24-13-10-21-18-30-32-26(21)17-24)37(35,36)25-14-11-22(12-15-25)28(2,3)4/h5,7-8,10-15,17-18H,6,9,16,19H2,1-4H3,(H,29,34)(H,30,32). The van der Waals surface area contributed by atoms with E-state index in [4.69, 9.17) is 0 Å². The van der Waals surface area contributed by atoms with Crippen molar-refractivity contribution in [3.63, 3.8) is 0 Å². The molecule has 4 aromatic rings. The molecule has 2 N–H and O–H groups in total. The fourth-order valence-electron chi connectivity index (χ4n) is 4.08. The molecule has 9 heteroatoms. The number of fused-ring (bicyclic) bond motifs is 1. The molecule has 194 valence electrons. The lowest BCUT2D eigenvalue weighted by atomic mass is 9.87. The van der Waals surface area contributed by atoms with Crippen LogP contribution in [-0.4, -0.2) is 36.1 Å². The number of carbonyl (C=O) groups excluding carboxylic acids is 1. The molecule has 0 spiro atoms. The molecule has 2 aromatic carbocycles. The molecule has 1 amide bonds. The summed E-state index contributed by atoms with van der Waals surface area (Å²) in [5, 5.41) is 10.7. The summed E-state index contributed by atoms with van der Waals surface area (Å²) in [6.07, 6.45) is 2.23. The summed E-state index contributed by atoms with van der Waals surface area (Å²) >= 11 is 0. The van der Waals surface area contributed by atoms with E-state index in [-0.39, 0.29) is 29.2 Å². The number of sulfonamides is 1. The second-order valence-electron chi connectivity index (χ2n) is 10.1. The first-order chi connectivity index (χ1) is 17.5. The predicted molar refractivity (Wildman–Crippen MR) is 146 cm³/mol. The Morgan fingerprint density at radius 1 is 1.05 bits per heavy atom. The van der Waals surface area contributed by atoms with Crippen LogP contribution in [0.3, 0.4) is 0 Å². The predicted octanol–water partition coefficient (Wildman–Crippen LogP) is 4.86. The number of H-pyrrole nitrogens is 1. The first-order valence-electron chi connectivity index (χ1n) is 12.3. The second-order valence-corrected chi connectivity index (χ2v) is 12.0. The van der Waals surface area contributed by atoms with Gasteiger partial charge in [0.05, 0.1) is 34.5 Å². The molecule has 0 fully saturated rings. The topological polar surface area (TPSA) is 108 Å². The first kappa shape index (κ1) is 26.3. The molecule has 2 heterocycles. The van der Waals surface area contributed by atoms with E-state index >= 15 is 0 Å². The van der Waals surface area contributed by atoms with Crippen molar-refractivity contribution >= 4 is 32.5 Å². The van der Waals surface area contributed by atoms with Crippen LogP contribution < -0.4 is 9.62 Å². The average molecular weight is 520 g/mol. The van der Waals surface area contributed by atoms with E-state index in [1.54, 1.807) is 30.5 Å². The smallest absolute Gasteiger partial charge is 0.264 e. The number of benzene rings is 2. The number of nitrogens with one attached hydrogen (secondary N) is 2. The highest BCUT2D eigenvalue weighted by atomic mass is 32.2. The van der Waals surface area contributed by atoms with Gasteiger partial charge >= 0.3 is 0 Å². The van der Waals surface area contributed by atoms with E-state index in [1.165, 1.54) is 4.31 Å². The zero-order valence-corrected chi connectivity index (χ0v) is 22.5. The third-order valence-corrected chi connectivity index (χ3v) is 8.04. The Morgan fingerprint density at radius 2 is 1.81 bits per heavy atom. The zero-order valence-electron chi connectivity index (χ0n) is 21.7. The van der Waals surface area contributed by atoms with Crippen molar-refractivity contribution in [3.05, 3.63) is 83.8 Å². The van der Waals surface area contributed by atoms with Crippen LogP contribution >= 0.6 is 0 Å². The quantitative estimate of drug-likeness (QED) is 0.328. The summed E-state index contributed by atoms with van der Waals surface area (Å²) in [5.41, 5.74) is 3.89. The normalized spacial score (nSPS) is 12.0. The minimum Gasteiger partial charge on any atom is -0.350 e. The van der Waals surface area contributed by atoms with Gasteiger partial charge in [0.1, 0.15) is 0 Å². The molecule has 2 aromatic heterocycles. The van der Waals surface area contributed by atoms with Gasteiger partial charge in [-0.25, -0.2) is 8.42 Å². The van der Waals surface area contributed by atoms with Crippen molar-refractivity contribution < 1.29 is 13.2 Å². The lowest BCUT2D eigenvalue weighted by Crippen LogP contribution is -2.33. The van der Waals surface area contributed by atoms with Crippen LogP contribution in [0.25, 0.3) is 10.9 Å². The maximum atomic E-state index is 13.8. The fourth-order valence-corrected chi connectivity index (χ4v) is 5.58. The van der Waals surface area contributed by atoms with E-state index in [1.807, 2.05) is 43.3 Å². The Labute approximate surface area is 218 Å². The minimum atomic E-state index is -3.87. The number of rotatable bonds is 9. The first-order valence-corrected chi connectivity index (χ1v) is 13.7. The van der Waals surface area contributed by atoms with Gasteiger partial charge in [0.15, 0.2) is 0 Å². The zero-order chi connectivity index (χ0) is 26.6. The van der Waals surface area contributed by atoms with E-state index in [2.05, 4.69) is 41.3 Å². The maximum Gasteiger partial charge on any atom is 0.264 e. The van der Waals surface area contributed by atoms with Gasteiger partial charge in [-0.1, -0.05) is 39.0 Å². The van der Waals surface area contributed by atoms with Crippen LogP contribution in [0.5, 0.6) is 0 Å². The molecule has 8 nitrogen and oxygen atoms in total. The molecule has 0 radical (unpaired) electrons. The van der Waals surface area contributed by atoms with Crippen molar-refractivity contribution in [2.24, 2.45) is 0 Å². The largest absolute Gasteiger partial charge is 0.350 e. The number of anilines is 1. The highest BCUT2D eigenvalue weighted by molar-refractivity contribution is 7.92. The summed E-state index contributed by atoms with van der Waals surface area (Å²) in [7, 11) is -3.87. The lowest BCUT2D eigenvalue weighted by Gasteiger charge is -2.25. The maximum absolute atomic E-state index is 13.8. The number of nitrogens with zero attached hydrogens (tertiary/aromatic N) is 3. The molecule has 0 aliphatic rings. The van der Waals surface area contributed by atoms with Gasteiger partial charge in [0, 0.05) is 24.0 Å². The molecule has 0 atom stereocenters. The van der Waals surface area contributed by atoms with Crippen LogP contribution in [0.1, 0.15) is 50.6 Å². The fraction of sp³-hybridized carbons (Fsp3) is 0.321. The lowest BCUT2D eigenvalue weighted by molar-refractivity contribution is -0.121. The summed E-state index contributed by atoms with van der Waals surface area (Å²) in [6, 6.07) is 18.0. The molecular weight excluding hydrogens is 486 g/mol. The molecule has 4 rings (SSSR count). The van der Waals surface area contributed by atoms with Gasteiger partial charge in [0.2, 0.25) is 5.91 Å². The summed E-state index contributed by atoms with van der Waals surface area (Å²) in [6.45, 7) is 8.64. The summed E-state index contributed by atoms with van der Waals surface area (Å²) in [4.78, 5) is 17.1. The second kappa shape index (κ2) is 10.7. The molecule has 0 aliphatic heterocycles. The average Bonchev–Trinajstić information content (AvgIpc) is 3.33. The van der Waals surface area contributed by atoms with Gasteiger partial charge in [-0.15, -0.1) is 0 Å². The van der Waals surface area contributed by atoms with E-state index in [9.17, 15) is 13.2 Å². The van der Waals surface area contributed by atoms with Crippen LogP contribution in [0.15, 0.2) is 71.8 Å². The van der Waals surface area contributed by atoms with Gasteiger partial charge in [-0.2, -0.15) is 5.10 Å². The summed E-state index contributed by atoms with van der Waals surface area (Å²) in [5.74, 6) is -0.154. The Kier molecular flexibility index (Phi) is 7.63. The summed E-state index contributed by atoms with van der Waals surface area (Å²) < 4.78 is 28.9. The minimum absolute atomic E-state index is 0.0883. The number of aromatic nitrogens is 3. The van der Waals surface area contributed by atoms with Crippen molar-refractivity contribution in [1.82, 2.24) is 20.5 Å². The van der Waals surface area contributed by atoms with Crippen molar-refractivity contribution in [2.45, 2.75) is 57.4 Å². The third-order valence-electron chi connectivity index (χ3n) is 6.20. The molecule has 0 bridgehead atoms. The van der Waals surface area contributed by atoms with Gasteiger partial charge in [0.25, 0.3) is 10.0 Å². The Bertz CT molecular complexity index is 1490. The number of hydrogen-bond donors (Lipinski definition) is 2. The van der Waals surface area contributed by atoms with Crippen LogP contribution in [0.4, 0.5) is 5.69 Å². The van der Waals surface area contributed by atoms with Crippen LogP contribution in [-0.2, 0) is 26.8 Å². The van der Waals surface area contributed by atoms with E-state index in [0.29, 0.717) is 18.7 Å². The Morgan fingerprint density at radius 3 is 2.51 bits per heavy atom. The monoisotopic (exact) mass is 519 g/mol. The van der Waals surface area contributed by atoms with Crippen LogP contribution in [0, 0.1) is 6.92 Å². The SMILES string of the molecule is Cc1cccc(CNC(=O)CCCN(c2ccc3cn[nH]c3c2)S(=O)(=O)c2ccc(C(C)(C)C)cc2)n1. The molecule has 0 unspecified atom stereocenters. The molecule has 0 aliphatic carbocycles. The highest BCUT2D eigenvalue weighted by Gasteiger charge is 2.26. The third kappa shape index (κ3) is 6.35. The van der Waals surface area contributed by atoms with Gasteiger partial charge in [-0.3, -0.25) is 19.2 Å². The number of pyridine rings is 1. The van der Waals surface area contributed by atoms with Crippen molar-refractivity contribution in [3.8, 4) is 0 Å². The molecule has 37 heavy (non-hydrogen) atoms. The number of aromatic amines is 1. The van der Waals surface area contributed by atoms with Crippen LogP contribution in [0.2, 0.25) is 0 Å². The Balaban J connectivity index is 1.52. The van der Waals surface area contributed by atoms with Crippen molar-refractivity contribution in [1.29, 1.82) is 0 Å². The number of carbonyl (C=O) groups is 1. The molecule has 0 saturated heterocycles. The highest BCUT2D eigenvalue weighted by Crippen LogP contribution is 2.29. The number of aryl methyl sites for hydroxylation is 1. The Hall–Kier alpha value is -3.72. The van der Waals surface area contributed by atoms with Gasteiger partial charge in [-0.05, 0) is 66.8 Å². The van der Waals surface area contributed by atoms with E-state index < -0.39 is 10.0 Å². The molecular formula is C28H33N5O3S. The van der Waals surface area contributed by atoms with Crippen molar-refractivity contribution in [2.75, 3.05) is 10.8 Å². The van der Waals surface area contributed by atoms with Gasteiger partial charge < -0.3 is 5.32 Å². The van der Waals surface area contributed by atoms with E-state index in [0.717, 1.165) is 27.9 Å². The number of amides is 1.